The molecule has 9 heteroatoms. The number of anilines is 1. The van der Waals surface area contributed by atoms with Gasteiger partial charge in [0.1, 0.15) is 4.90 Å². The normalized spacial score (nSPS) is 12.1. The van der Waals surface area contributed by atoms with Crippen LogP contribution in [0.2, 0.25) is 0 Å². The average Bonchev–Trinajstić information content (AvgIpc) is 2.39. The molecule has 0 saturated carbocycles. The van der Waals surface area contributed by atoms with Crippen LogP contribution in [0.4, 0.5) is 5.69 Å². The van der Waals surface area contributed by atoms with E-state index in [2.05, 4.69) is 20.7 Å². The van der Waals surface area contributed by atoms with Crippen LogP contribution in [0.1, 0.15) is 5.56 Å². The Morgan fingerprint density at radius 2 is 1.73 bits per heavy atom. The van der Waals surface area contributed by atoms with Crippen molar-refractivity contribution < 1.29 is 16.8 Å². The summed E-state index contributed by atoms with van der Waals surface area (Å²) in [5.74, 6) is 0. The van der Waals surface area contributed by atoms with E-state index < -0.39 is 20.0 Å². The van der Waals surface area contributed by atoms with E-state index in [9.17, 15) is 16.8 Å². The maximum atomic E-state index is 12.4. The molecule has 0 unspecified atom stereocenters. The third-order valence-corrected chi connectivity index (χ3v) is 5.60. The summed E-state index contributed by atoms with van der Waals surface area (Å²) in [6, 6.07) is 10.3. The van der Waals surface area contributed by atoms with Crippen LogP contribution in [0, 0.1) is 6.92 Å². The highest BCUT2D eigenvalue weighted by atomic mass is 79.9. The summed E-state index contributed by atoms with van der Waals surface area (Å²) < 4.78 is 50.8. The van der Waals surface area contributed by atoms with Crippen molar-refractivity contribution in [1.29, 1.82) is 0 Å². The molecule has 0 heterocycles. The molecule has 2 aromatic carbocycles. The van der Waals surface area contributed by atoms with Gasteiger partial charge in [-0.25, -0.2) is 22.0 Å². The number of nitrogens with one attached hydrogen (secondary N) is 1. The Morgan fingerprint density at radius 1 is 1.05 bits per heavy atom. The van der Waals surface area contributed by atoms with Gasteiger partial charge < -0.3 is 0 Å². The number of sulfonamides is 2. The van der Waals surface area contributed by atoms with E-state index >= 15 is 0 Å². The summed E-state index contributed by atoms with van der Waals surface area (Å²) >= 11 is 3.19. The molecule has 0 aliphatic carbocycles. The molecule has 2 rings (SSSR count). The summed E-state index contributed by atoms with van der Waals surface area (Å²) in [6.07, 6.45) is 0. The lowest BCUT2D eigenvalue weighted by molar-refractivity contribution is 0.598. The van der Waals surface area contributed by atoms with Crippen LogP contribution in [0.5, 0.6) is 0 Å². The van der Waals surface area contributed by atoms with Gasteiger partial charge in [0, 0.05) is 4.47 Å². The van der Waals surface area contributed by atoms with Crippen molar-refractivity contribution in [1.82, 2.24) is 0 Å². The molecule has 118 valence electrons. The molecule has 0 aliphatic rings. The molecule has 0 aromatic heterocycles. The second-order valence-corrected chi connectivity index (χ2v) is 8.74. The van der Waals surface area contributed by atoms with Crippen LogP contribution >= 0.6 is 15.9 Å². The fraction of sp³-hybridized carbons (Fsp3) is 0.0769. The van der Waals surface area contributed by atoms with E-state index in [-0.39, 0.29) is 15.5 Å². The number of hydrogen-bond acceptors (Lipinski definition) is 4. The first-order chi connectivity index (χ1) is 10.1. The highest BCUT2D eigenvalue weighted by Gasteiger charge is 2.20. The zero-order valence-corrected chi connectivity index (χ0v) is 14.7. The maximum absolute atomic E-state index is 12.4. The fourth-order valence-electron chi connectivity index (χ4n) is 1.79. The van der Waals surface area contributed by atoms with Crippen molar-refractivity contribution in [2.75, 3.05) is 4.72 Å². The van der Waals surface area contributed by atoms with Crippen molar-refractivity contribution in [2.24, 2.45) is 5.14 Å². The number of aryl methyl sites for hydroxylation is 1. The lowest BCUT2D eigenvalue weighted by Crippen LogP contribution is -2.19. The van der Waals surface area contributed by atoms with Crippen molar-refractivity contribution in [2.45, 2.75) is 16.7 Å². The lowest BCUT2D eigenvalue weighted by Gasteiger charge is -2.12. The van der Waals surface area contributed by atoms with Crippen LogP contribution in [0.25, 0.3) is 0 Å². The molecule has 0 fully saturated rings. The first-order valence-electron chi connectivity index (χ1n) is 6.01. The van der Waals surface area contributed by atoms with Crippen LogP contribution < -0.4 is 9.86 Å². The van der Waals surface area contributed by atoms with Crippen molar-refractivity contribution in [3.8, 4) is 0 Å². The van der Waals surface area contributed by atoms with Gasteiger partial charge in [0.2, 0.25) is 10.0 Å². The Labute approximate surface area is 137 Å². The Balaban J connectivity index is 2.51. The van der Waals surface area contributed by atoms with Crippen molar-refractivity contribution in [3.05, 3.63) is 52.5 Å². The molecule has 0 atom stereocenters. The second-order valence-electron chi connectivity index (χ2n) is 4.61. The third-order valence-electron chi connectivity index (χ3n) is 2.79. The van der Waals surface area contributed by atoms with E-state index in [0.29, 0.717) is 10.0 Å². The first kappa shape index (κ1) is 16.9. The summed E-state index contributed by atoms with van der Waals surface area (Å²) in [7, 11) is -7.99. The van der Waals surface area contributed by atoms with Gasteiger partial charge in [-0.3, -0.25) is 4.72 Å². The summed E-state index contributed by atoms with van der Waals surface area (Å²) in [4.78, 5) is -0.270. The number of nitrogens with two attached hydrogens (primary N) is 1. The molecule has 6 nitrogen and oxygen atoms in total. The van der Waals surface area contributed by atoms with Gasteiger partial charge in [0.15, 0.2) is 0 Å². The highest BCUT2D eigenvalue weighted by molar-refractivity contribution is 9.10. The Kier molecular flexibility index (Phi) is 4.62. The van der Waals surface area contributed by atoms with Crippen LogP contribution in [-0.4, -0.2) is 16.8 Å². The van der Waals surface area contributed by atoms with E-state index in [1.54, 1.807) is 25.1 Å². The molecular weight excluding hydrogens is 392 g/mol. The van der Waals surface area contributed by atoms with Gasteiger partial charge in [-0.15, -0.1) is 0 Å². The molecule has 0 radical (unpaired) electrons. The molecule has 0 bridgehead atoms. The lowest BCUT2D eigenvalue weighted by atomic mass is 10.2. The largest absolute Gasteiger partial charge is 0.278 e. The van der Waals surface area contributed by atoms with Gasteiger partial charge in [0.05, 0.1) is 10.6 Å². The summed E-state index contributed by atoms with van der Waals surface area (Å²) in [5.41, 5.74) is 0.558. The molecule has 0 amide bonds. The SMILES string of the molecule is Cc1ccc(NS(=O)(=O)c2cccc(Br)c2)c(S(N)(=O)=O)c1. The predicted molar refractivity (Wildman–Crippen MR) is 87.5 cm³/mol. The van der Waals surface area contributed by atoms with E-state index in [4.69, 9.17) is 5.14 Å². The minimum atomic E-state index is -4.05. The number of rotatable bonds is 4. The number of halogens is 1. The van der Waals surface area contributed by atoms with Crippen LogP contribution in [-0.2, 0) is 20.0 Å². The standard InChI is InChI=1S/C13H13BrN2O4S2/c1-9-5-6-12(13(7-9)21(15,17)18)16-22(19,20)11-4-2-3-10(14)8-11/h2-8,16H,1H3,(H2,15,17,18). The Morgan fingerprint density at radius 3 is 2.32 bits per heavy atom. The van der Waals surface area contributed by atoms with E-state index in [1.807, 2.05) is 0 Å². The van der Waals surface area contributed by atoms with Crippen molar-refractivity contribution >= 4 is 41.7 Å². The Hall–Kier alpha value is -1.42. The van der Waals surface area contributed by atoms with E-state index in [0.717, 1.165) is 0 Å². The van der Waals surface area contributed by atoms with Gasteiger partial charge in [0.25, 0.3) is 10.0 Å². The van der Waals surface area contributed by atoms with Gasteiger partial charge >= 0.3 is 0 Å². The molecule has 3 N–H and O–H groups in total. The zero-order chi connectivity index (χ0) is 16.5. The minimum Gasteiger partial charge on any atom is -0.278 e. The zero-order valence-electron chi connectivity index (χ0n) is 11.4. The van der Waals surface area contributed by atoms with Crippen molar-refractivity contribution in [3.63, 3.8) is 0 Å². The fourth-order valence-corrected chi connectivity index (χ4v) is 4.30. The number of benzene rings is 2. The molecule has 0 aliphatic heterocycles. The van der Waals surface area contributed by atoms with Gasteiger partial charge in [-0.2, -0.15) is 0 Å². The van der Waals surface area contributed by atoms with Gasteiger partial charge in [-0.05, 0) is 42.8 Å². The van der Waals surface area contributed by atoms with Crippen LogP contribution in [0.3, 0.4) is 0 Å². The minimum absolute atomic E-state index is 0.00261. The third kappa shape index (κ3) is 3.86. The molecular formula is C13H13BrN2O4S2. The molecule has 2 aromatic rings. The monoisotopic (exact) mass is 404 g/mol. The van der Waals surface area contributed by atoms with Crippen LogP contribution in [0.15, 0.2) is 56.7 Å². The predicted octanol–water partition coefficient (Wildman–Crippen LogP) is 2.21. The first-order valence-corrected chi connectivity index (χ1v) is 9.84. The van der Waals surface area contributed by atoms with E-state index in [1.165, 1.54) is 24.3 Å². The maximum Gasteiger partial charge on any atom is 0.261 e. The summed E-state index contributed by atoms with van der Waals surface area (Å²) in [5, 5.41) is 5.14. The smallest absolute Gasteiger partial charge is 0.261 e. The summed E-state index contributed by atoms with van der Waals surface area (Å²) in [6.45, 7) is 1.68. The Bertz CT molecular complexity index is 925. The molecule has 22 heavy (non-hydrogen) atoms. The molecule has 0 saturated heterocycles. The van der Waals surface area contributed by atoms with Gasteiger partial charge in [-0.1, -0.05) is 28.1 Å². The number of hydrogen-bond donors (Lipinski definition) is 2. The second kappa shape index (κ2) is 5.99. The molecule has 0 spiro atoms. The number of primary sulfonamides is 1. The average molecular weight is 405 g/mol. The highest BCUT2D eigenvalue weighted by Crippen LogP contribution is 2.25. The quantitative estimate of drug-likeness (QED) is 0.813. The topological polar surface area (TPSA) is 106 Å².